The minimum atomic E-state index is -1.29. The zero-order valence-corrected chi connectivity index (χ0v) is 16.3. The van der Waals surface area contributed by atoms with Gasteiger partial charge in [0.2, 0.25) is 0 Å². The largest absolute Gasteiger partial charge is 0.508 e. The lowest BCUT2D eigenvalue weighted by Crippen LogP contribution is -2.34. The van der Waals surface area contributed by atoms with Gasteiger partial charge in [0.25, 0.3) is 0 Å². The summed E-state index contributed by atoms with van der Waals surface area (Å²) in [4.78, 5) is 15.7. The maximum absolute atomic E-state index is 12.9. The summed E-state index contributed by atoms with van der Waals surface area (Å²) >= 11 is 0. The highest BCUT2D eigenvalue weighted by Gasteiger charge is 2.54. The number of esters is 1. The van der Waals surface area contributed by atoms with Gasteiger partial charge in [-0.05, 0) is 48.2 Å². The number of aromatic hydroxyl groups is 2. The first-order valence-corrected chi connectivity index (χ1v) is 9.76. The van der Waals surface area contributed by atoms with Crippen LogP contribution in [-0.2, 0) is 16.8 Å². The second-order valence-electron chi connectivity index (χ2n) is 7.43. The van der Waals surface area contributed by atoms with E-state index < -0.39 is 11.6 Å². The van der Waals surface area contributed by atoms with E-state index in [2.05, 4.69) is 10.0 Å². The van der Waals surface area contributed by atoms with E-state index in [1.807, 2.05) is 12.1 Å². The summed E-state index contributed by atoms with van der Waals surface area (Å²) in [5, 5.41) is 23.9. The first-order chi connectivity index (χ1) is 15.0. The van der Waals surface area contributed by atoms with Crippen LogP contribution >= 0.6 is 0 Å². The molecule has 2 N–H and O–H groups in total. The lowest BCUT2D eigenvalue weighted by atomic mass is 9.75. The van der Waals surface area contributed by atoms with E-state index in [0.29, 0.717) is 52.2 Å². The van der Waals surface area contributed by atoms with Crippen LogP contribution in [0.2, 0.25) is 0 Å². The molecule has 1 unspecified atom stereocenters. The molecule has 2 aliphatic rings. The van der Waals surface area contributed by atoms with E-state index in [-0.39, 0.29) is 18.0 Å². The standard InChI is InChI=1S/C23H17N3O5/c24-26-25-9-3-4-13-10-15(28)12-20-21(13)23(18-8-7-14(27)11-19(18)30-20)17-6-2-1-5-16(17)22(29)31-23/h1-2,5-8,10-12,27-28H,3-4,9H2. The molecule has 3 aromatic carbocycles. The van der Waals surface area contributed by atoms with Crippen molar-refractivity contribution >= 4 is 5.97 Å². The van der Waals surface area contributed by atoms with E-state index in [4.69, 9.17) is 15.0 Å². The zero-order chi connectivity index (χ0) is 21.6. The third kappa shape index (κ3) is 2.77. The van der Waals surface area contributed by atoms with Gasteiger partial charge in [0.15, 0.2) is 5.60 Å². The SMILES string of the molecule is [N-]=[N+]=NCCCc1cc(O)cc2c1C1(OC(=O)c3ccccc31)c1ccc(O)cc1O2. The second-order valence-corrected chi connectivity index (χ2v) is 7.43. The highest BCUT2D eigenvalue weighted by molar-refractivity contribution is 5.97. The van der Waals surface area contributed by atoms with Crippen LogP contribution in [0, 0.1) is 0 Å². The molecular weight excluding hydrogens is 398 g/mol. The summed E-state index contributed by atoms with van der Waals surface area (Å²) in [6.45, 7) is 0.287. The Morgan fingerprint density at radius 2 is 1.81 bits per heavy atom. The molecule has 1 atom stereocenters. The molecule has 31 heavy (non-hydrogen) atoms. The lowest BCUT2D eigenvalue weighted by molar-refractivity contribution is 0.0221. The first-order valence-electron chi connectivity index (χ1n) is 9.76. The van der Waals surface area contributed by atoms with Gasteiger partial charge in [0.1, 0.15) is 23.0 Å². The van der Waals surface area contributed by atoms with Crippen LogP contribution in [-0.4, -0.2) is 22.7 Å². The van der Waals surface area contributed by atoms with Gasteiger partial charge in [-0.1, -0.05) is 23.3 Å². The van der Waals surface area contributed by atoms with Crippen molar-refractivity contribution in [3.8, 4) is 23.0 Å². The normalized spacial score (nSPS) is 17.7. The number of phenolic OH excluding ortho intramolecular Hbond substituents is 2. The molecule has 0 radical (unpaired) electrons. The molecule has 2 heterocycles. The Morgan fingerprint density at radius 1 is 1.00 bits per heavy atom. The van der Waals surface area contributed by atoms with E-state index >= 15 is 0 Å². The second kappa shape index (κ2) is 6.97. The van der Waals surface area contributed by atoms with Crippen molar-refractivity contribution in [2.45, 2.75) is 18.4 Å². The minimum Gasteiger partial charge on any atom is -0.508 e. The Labute approximate surface area is 176 Å². The highest BCUT2D eigenvalue weighted by Crippen LogP contribution is 2.58. The summed E-state index contributed by atoms with van der Waals surface area (Å²) in [6, 6.07) is 14.9. The Balaban J connectivity index is 1.80. The minimum absolute atomic E-state index is 0.00435. The molecule has 0 saturated heterocycles. The number of fused-ring (bicyclic) bond motifs is 6. The molecule has 0 fully saturated rings. The number of carbonyl (C=O) groups excluding carboxylic acids is 1. The van der Waals surface area contributed by atoms with Crippen LogP contribution in [0.4, 0.5) is 0 Å². The average molecular weight is 415 g/mol. The number of benzene rings is 3. The van der Waals surface area contributed by atoms with Gasteiger partial charge in [-0.3, -0.25) is 0 Å². The summed E-state index contributed by atoms with van der Waals surface area (Å²) in [5.74, 6) is 0.207. The van der Waals surface area contributed by atoms with Crippen molar-refractivity contribution in [1.82, 2.24) is 0 Å². The Morgan fingerprint density at radius 3 is 2.65 bits per heavy atom. The number of hydrogen-bond donors (Lipinski definition) is 2. The van der Waals surface area contributed by atoms with Crippen molar-refractivity contribution in [1.29, 1.82) is 0 Å². The van der Waals surface area contributed by atoms with Crippen LogP contribution < -0.4 is 4.74 Å². The number of phenols is 2. The van der Waals surface area contributed by atoms with E-state index in [9.17, 15) is 15.0 Å². The molecule has 2 aliphatic heterocycles. The van der Waals surface area contributed by atoms with Gasteiger partial charge < -0.3 is 19.7 Å². The van der Waals surface area contributed by atoms with Gasteiger partial charge >= 0.3 is 5.97 Å². The average Bonchev–Trinajstić information content (AvgIpc) is 3.03. The number of nitrogens with zero attached hydrogens (tertiary/aromatic N) is 3. The molecule has 0 aliphatic carbocycles. The lowest BCUT2D eigenvalue weighted by Gasteiger charge is -2.38. The third-order valence-electron chi connectivity index (χ3n) is 5.62. The summed E-state index contributed by atoms with van der Waals surface area (Å²) in [6.07, 6.45) is 1.00. The molecule has 0 bridgehead atoms. The Hall–Kier alpha value is -4.16. The third-order valence-corrected chi connectivity index (χ3v) is 5.62. The van der Waals surface area contributed by atoms with Crippen molar-refractivity contribution in [2.24, 2.45) is 5.11 Å². The molecule has 8 nitrogen and oxygen atoms in total. The predicted octanol–water partition coefficient (Wildman–Crippen LogP) is 4.91. The number of aryl methyl sites for hydroxylation is 1. The number of carbonyl (C=O) groups is 1. The van der Waals surface area contributed by atoms with Crippen molar-refractivity contribution < 1.29 is 24.5 Å². The van der Waals surface area contributed by atoms with Gasteiger partial charge in [0.05, 0.1) is 11.1 Å². The van der Waals surface area contributed by atoms with E-state index in [1.165, 1.54) is 18.2 Å². The topological polar surface area (TPSA) is 125 Å². The quantitative estimate of drug-likeness (QED) is 0.206. The molecule has 0 saturated carbocycles. The fraction of sp³-hybridized carbons (Fsp3) is 0.174. The molecule has 0 amide bonds. The molecule has 5 rings (SSSR count). The van der Waals surface area contributed by atoms with Gasteiger partial charge in [-0.15, -0.1) is 0 Å². The Kier molecular flexibility index (Phi) is 4.23. The van der Waals surface area contributed by atoms with Gasteiger partial charge in [0, 0.05) is 34.7 Å². The first kappa shape index (κ1) is 18.8. The monoisotopic (exact) mass is 415 g/mol. The van der Waals surface area contributed by atoms with Crippen LogP contribution in [0.1, 0.15) is 39.0 Å². The number of azide groups is 1. The number of ether oxygens (including phenoxy) is 2. The number of rotatable bonds is 4. The smallest absolute Gasteiger partial charge is 0.340 e. The van der Waals surface area contributed by atoms with E-state index in [0.717, 1.165) is 0 Å². The maximum Gasteiger partial charge on any atom is 0.340 e. The Bertz CT molecular complexity index is 1280. The molecular formula is C23H17N3O5. The van der Waals surface area contributed by atoms with Gasteiger partial charge in [-0.2, -0.15) is 0 Å². The van der Waals surface area contributed by atoms with Crippen molar-refractivity contribution in [2.75, 3.05) is 6.54 Å². The summed E-state index contributed by atoms with van der Waals surface area (Å²) in [7, 11) is 0. The fourth-order valence-electron chi connectivity index (χ4n) is 4.46. The van der Waals surface area contributed by atoms with Crippen molar-refractivity contribution in [3.05, 3.63) is 92.9 Å². The molecule has 3 aromatic rings. The molecule has 154 valence electrons. The summed E-state index contributed by atoms with van der Waals surface area (Å²) in [5.41, 5.74) is 10.3. The van der Waals surface area contributed by atoms with Crippen LogP contribution in [0.15, 0.2) is 59.7 Å². The molecule has 0 aromatic heterocycles. The van der Waals surface area contributed by atoms with Crippen LogP contribution in [0.25, 0.3) is 10.4 Å². The number of hydrogen-bond acceptors (Lipinski definition) is 6. The van der Waals surface area contributed by atoms with Gasteiger partial charge in [-0.25, -0.2) is 4.79 Å². The fourth-order valence-corrected chi connectivity index (χ4v) is 4.46. The zero-order valence-electron chi connectivity index (χ0n) is 16.3. The van der Waals surface area contributed by atoms with Crippen LogP contribution in [0.5, 0.6) is 23.0 Å². The highest BCUT2D eigenvalue weighted by atomic mass is 16.6. The molecule has 1 spiro atoms. The predicted molar refractivity (Wildman–Crippen MR) is 110 cm³/mol. The van der Waals surface area contributed by atoms with Crippen LogP contribution in [0.3, 0.4) is 0 Å². The summed E-state index contributed by atoms with van der Waals surface area (Å²) < 4.78 is 12.1. The van der Waals surface area contributed by atoms with Crippen molar-refractivity contribution in [3.63, 3.8) is 0 Å². The molecule has 8 heteroatoms. The maximum atomic E-state index is 12.9. The van der Waals surface area contributed by atoms with E-state index in [1.54, 1.807) is 24.3 Å².